The highest BCUT2D eigenvalue weighted by Gasteiger charge is 2.05. The molecule has 0 amide bonds. The van der Waals surface area contributed by atoms with Crippen molar-refractivity contribution in [3.05, 3.63) is 24.1 Å². The third kappa shape index (κ3) is 2.68. The van der Waals surface area contributed by atoms with Crippen LogP contribution in [0.5, 0.6) is 0 Å². The highest BCUT2D eigenvalue weighted by molar-refractivity contribution is 7.98. The Labute approximate surface area is 97.8 Å². The predicted molar refractivity (Wildman–Crippen MR) is 66.3 cm³/mol. The van der Waals surface area contributed by atoms with E-state index in [-0.39, 0.29) is 6.61 Å². The van der Waals surface area contributed by atoms with Crippen molar-refractivity contribution in [2.24, 2.45) is 0 Å². The molecule has 2 aromatic rings. The second kappa shape index (κ2) is 5.23. The molecule has 0 radical (unpaired) electrons. The molecule has 0 saturated heterocycles. The average Bonchev–Trinajstić information content (AvgIpc) is 2.66. The second-order valence-electron chi connectivity index (χ2n) is 3.46. The molecule has 2 rings (SSSR count). The lowest BCUT2D eigenvalue weighted by molar-refractivity contribution is 0.296. The normalized spacial score (nSPS) is 11.1. The molecule has 0 atom stereocenters. The quantitative estimate of drug-likeness (QED) is 0.616. The first kappa shape index (κ1) is 11.3. The van der Waals surface area contributed by atoms with Crippen LogP contribution in [0.15, 0.2) is 22.6 Å². The summed E-state index contributed by atoms with van der Waals surface area (Å²) in [6.07, 6.45) is 0.803. The SMILES string of the molecule is Nc1ccc2oc(CSCCCO)nc2c1. The summed E-state index contributed by atoms with van der Waals surface area (Å²) in [6, 6.07) is 5.44. The number of nitrogens with two attached hydrogens (primary N) is 1. The first-order valence-corrected chi connectivity index (χ1v) is 6.28. The molecule has 4 nitrogen and oxygen atoms in total. The smallest absolute Gasteiger partial charge is 0.205 e. The Balaban J connectivity index is 2.02. The number of aromatic nitrogens is 1. The summed E-state index contributed by atoms with van der Waals surface area (Å²) in [5.74, 6) is 2.36. The Hall–Kier alpha value is -1.20. The molecule has 16 heavy (non-hydrogen) atoms. The predicted octanol–water partition coefficient (Wildman–Crippen LogP) is 2.03. The van der Waals surface area contributed by atoms with Crippen LogP contribution in [0, 0.1) is 0 Å². The fourth-order valence-corrected chi connectivity index (χ4v) is 2.16. The van der Waals surface area contributed by atoms with Crippen molar-refractivity contribution in [1.29, 1.82) is 0 Å². The molecule has 0 aliphatic carbocycles. The Morgan fingerprint density at radius 3 is 3.12 bits per heavy atom. The van der Waals surface area contributed by atoms with Gasteiger partial charge in [0.1, 0.15) is 5.52 Å². The van der Waals surface area contributed by atoms with Gasteiger partial charge in [-0.1, -0.05) is 0 Å². The molecule has 5 heteroatoms. The number of oxazole rings is 1. The molecular weight excluding hydrogens is 224 g/mol. The second-order valence-corrected chi connectivity index (χ2v) is 4.57. The molecule has 1 aromatic heterocycles. The molecule has 1 aromatic carbocycles. The zero-order valence-corrected chi connectivity index (χ0v) is 9.67. The van der Waals surface area contributed by atoms with Crippen LogP contribution in [0.3, 0.4) is 0 Å². The van der Waals surface area contributed by atoms with Gasteiger partial charge in [0, 0.05) is 12.3 Å². The Bertz CT molecular complexity index is 470. The molecule has 86 valence electrons. The van der Waals surface area contributed by atoms with Gasteiger partial charge >= 0.3 is 0 Å². The maximum atomic E-state index is 8.64. The van der Waals surface area contributed by atoms with E-state index >= 15 is 0 Å². The molecule has 0 unspecified atom stereocenters. The third-order valence-corrected chi connectivity index (χ3v) is 3.16. The number of thioether (sulfide) groups is 1. The number of rotatable bonds is 5. The summed E-state index contributed by atoms with van der Waals surface area (Å²) in [5.41, 5.74) is 7.93. The number of benzene rings is 1. The minimum absolute atomic E-state index is 0.233. The molecular formula is C11H14N2O2S. The van der Waals surface area contributed by atoms with E-state index in [1.54, 1.807) is 23.9 Å². The molecule has 0 spiro atoms. The third-order valence-electron chi connectivity index (χ3n) is 2.13. The number of nitrogens with zero attached hydrogens (tertiary/aromatic N) is 1. The Kier molecular flexibility index (Phi) is 3.69. The van der Waals surface area contributed by atoms with Gasteiger partial charge in [0.25, 0.3) is 0 Å². The van der Waals surface area contributed by atoms with Gasteiger partial charge in [0.15, 0.2) is 5.58 Å². The van der Waals surface area contributed by atoms with Crippen molar-refractivity contribution in [3.63, 3.8) is 0 Å². The van der Waals surface area contributed by atoms with E-state index in [2.05, 4.69) is 4.98 Å². The summed E-state index contributed by atoms with van der Waals surface area (Å²) >= 11 is 1.70. The number of fused-ring (bicyclic) bond motifs is 1. The average molecular weight is 238 g/mol. The van der Waals surface area contributed by atoms with Crippen molar-refractivity contribution in [2.75, 3.05) is 18.1 Å². The van der Waals surface area contributed by atoms with E-state index in [1.807, 2.05) is 6.07 Å². The van der Waals surface area contributed by atoms with Gasteiger partial charge < -0.3 is 15.3 Å². The molecule has 0 saturated carbocycles. The first-order chi connectivity index (χ1) is 7.79. The fourth-order valence-electron chi connectivity index (χ4n) is 1.38. The zero-order chi connectivity index (χ0) is 11.4. The zero-order valence-electron chi connectivity index (χ0n) is 8.85. The van der Waals surface area contributed by atoms with Crippen LogP contribution >= 0.6 is 11.8 Å². The topological polar surface area (TPSA) is 72.3 Å². The standard InChI is InChI=1S/C11H14N2O2S/c12-8-2-3-10-9(6-8)13-11(15-10)7-16-5-1-4-14/h2-3,6,14H,1,4-5,7,12H2. The van der Waals surface area contributed by atoms with Crippen LogP contribution in [-0.2, 0) is 5.75 Å². The largest absolute Gasteiger partial charge is 0.440 e. The van der Waals surface area contributed by atoms with Crippen molar-refractivity contribution in [3.8, 4) is 0 Å². The number of aliphatic hydroxyl groups is 1. The van der Waals surface area contributed by atoms with Crippen LogP contribution in [0.4, 0.5) is 5.69 Å². The first-order valence-electron chi connectivity index (χ1n) is 5.13. The summed E-state index contributed by atoms with van der Waals surface area (Å²) in [6.45, 7) is 0.233. The number of nitrogen functional groups attached to an aromatic ring is 1. The van der Waals surface area contributed by atoms with E-state index in [4.69, 9.17) is 15.3 Å². The summed E-state index contributed by atoms with van der Waals surface area (Å²) in [4.78, 5) is 4.34. The van der Waals surface area contributed by atoms with Crippen molar-refractivity contribution < 1.29 is 9.52 Å². The lowest BCUT2D eigenvalue weighted by Crippen LogP contribution is -1.87. The van der Waals surface area contributed by atoms with E-state index < -0.39 is 0 Å². The summed E-state index contributed by atoms with van der Waals surface area (Å²) < 4.78 is 5.55. The monoisotopic (exact) mass is 238 g/mol. The van der Waals surface area contributed by atoms with Crippen LogP contribution < -0.4 is 5.73 Å². The van der Waals surface area contributed by atoms with E-state index in [1.165, 1.54) is 0 Å². The van der Waals surface area contributed by atoms with Crippen molar-refractivity contribution in [2.45, 2.75) is 12.2 Å². The van der Waals surface area contributed by atoms with Crippen LogP contribution in [0.25, 0.3) is 11.1 Å². The van der Waals surface area contributed by atoms with Crippen molar-refractivity contribution in [1.82, 2.24) is 4.98 Å². The maximum absolute atomic E-state index is 8.64. The molecule has 0 fully saturated rings. The summed E-state index contributed by atoms with van der Waals surface area (Å²) in [5, 5.41) is 8.64. The van der Waals surface area contributed by atoms with Gasteiger partial charge in [-0.3, -0.25) is 0 Å². The van der Waals surface area contributed by atoms with Gasteiger partial charge in [-0.15, -0.1) is 0 Å². The van der Waals surface area contributed by atoms with Crippen LogP contribution in [-0.4, -0.2) is 22.5 Å². The van der Waals surface area contributed by atoms with Crippen molar-refractivity contribution >= 4 is 28.5 Å². The maximum Gasteiger partial charge on any atom is 0.205 e. The molecule has 0 aliphatic rings. The van der Waals surface area contributed by atoms with E-state index in [9.17, 15) is 0 Å². The lowest BCUT2D eigenvalue weighted by atomic mass is 10.3. The number of anilines is 1. The van der Waals surface area contributed by atoms with Gasteiger partial charge in [-0.2, -0.15) is 11.8 Å². The number of hydrogen-bond acceptors (Lipinski definition) is 5. The summed E-state index contributed by atoms with van der Waals surface area (Å²) in [7, 11) is 0. The molecule has 0 bridgehead atoms. The highest BCUT2D eigenvalue weighted by atomic mass is 32.2. The Morgan fingerprint density at radius 1 is 1.44 bits per heavy atom. The van der Waals surface area contributed by atoms with Crippen LogP contribution in [0.2, 0.25) is 0 Å². The van der Waals surface area contributed by atoms with Crippen LogP contribution in [0.1, 0.15) is 12.3 Å². The van der Waals surface area contributed by atoms with Gasteiger partial charge in [-0.05, 0) is 30.4 Å². The number of hydrogen-bond donors (Lipinski definition) is 2. The van der Waals surface area contributed by atoms with Gasteiger partial charge in [0.2, 0.25) is 5.89 Å². The van der Waals surface area contributed by atoms with E-state index in [0.29, 0.717) is 11.6 Å². The lowest BCUT2D eigenvalue weighted by Gasteiger charge is -1.94. The van der Waals surface area contributed by atoms with Gasteiger partial charge in [0.05, 0.1) is 5.75 Å². The number of aliphatic hydroxyl groups excluding tert-OH is 1. The molecule has 0 aliphatic heterocycles. The van der Waals surface area contributed by atoms with Gasteiger partial charge in [-0.25, -0.2) is 4.98 Å². The molecule has 1 heterocycles. The minimum Gasteiger partial charge on any atom is -0.440 e. The minimum atomic E-state index is 0.233. The van der Waals surface area contributed by atoms with E-state index in [0.717, 1.165) is 29.0 Å². The highest BCUT2D eigenvalue weighted by Crippen LogP contribution is 2.21. The molecule has 3 N–H and O–H groups in total. The fraction of sp³-hybridized carbons (Fsp3) is 0.364. The Morgan fingerprint density at radius 2 is 2.31 bits per heavy atom.